The van der Waals surface area contributed by atoms with Crippen LogP contribution in [0, 0.1) is 0 Å². The molecule has 0 fully saturated rings. The van der Waals surface area contributed by atoms with Crippen molar-refractivity contribution >= 4 is 17.4 Å². The van der Waals surface area contributed by atoms with E-state index in [0.717, 1.165) is 29.4 Å². The molecule has 0 aliphatic heterocycles. The highest BCUT2D eigenvalue weighted by atomic mass is 32.2. The molecule has 0 unspecified atom stereocenters. The SMILES string of the molecule is COc1ccc(SCCCOc2ccc(N)cc2)cc1. The number of hydrogen-bond acceptors (Lipinski definition) is 4. The molecule has 0 amide bonds. The van der Waals surface area contributed by atoms with E-state index in [2.05, 4.69) is 12.1 Å². The summed E-state index contributed by atoms with van der Waals surface area (Å²) in [6.07, 6.45) is 1.00. The van der Waals surface area contributed by atoms with Crippen LogP contribution in [0.1, 0.15) is 6.42 Å². The van der Waals surface area contributed by atoms with Crippen LogP contribution in [0.5, 0.6) is 11.5 Å². The zero-order valence-electron chi connectivity index (χ0n) is 11.5. The van der Waals surface area contributed by atoms with Crippen LogP contribution in [-0.2, 0) is 0 Å². The average Bonchev–Trinajstić information content (AvgIpc) is 2.49. The van der Waals surface area contributed by atoms with Gasteiger partial charge in [0.1, 0.15) is 11.5 Å². The first-order valence-corrected chi connectivity index (χ1v) is 7.51. The lowest BCUT2D eigenvalue weighted by molar-refractivity contribution is 0.319. The fraction of sp³-hybridized carbons (Fsp3) is 0.250. The Kier molecular flexibility index (Phi) is 5.62. The minimum absolute atomic E-state index is 0.715. The molecule has 0 aromatic heterocycles. The summed E-state index contributed by atoms with van der Waals surface area (Å²) in [6, 6.07) is 15.6. The largest absolute Gasteiger partial charge is 0.497 e. The van der Waals surface area contributed by atoms with E-state index >= 15 is 0 Å². The number of thioether (sulfide) groups is 1. The third kappa shape index (κ3) is 4.70. The second-order valence-corrected chi connectivity index (χ2v) is 5.46. The van der Waals surface area contributed by atoms with Gasteiger partial charge in [0.25, 0.3) is 0 Å². The summed E-state index contributed by atoms with van der Waals surface area (Å²) in [5.41, 5.74) is 6.38. The first-order chi connectivity index (χ1) is 9.78. The third-order valence-corrected chi connectivity index (χ3v) is 3.86. The summed E-state index contributed by atoms with van der Waals surface area (Å²) >= 11 is 1.82. The lowest BCUT2D eigenvalue weighted by Gasteiger charge is -2.06. The Hall–Kier alpha value is -1.81. The molecule has 0 saturated carbocycles. The molecule has 20 heavy (non-hydrogen) atoms. The average molecular weight is 289 g/mol. The lowest BCUT2D eigenvalue weighted by atomic mass is 10.3. The van der Waals surface area contributed by atoms with Gasteiger partial charge in [-0.3, -0.25) is 0 Å². The number of methoxy groups -OCH3 is 1. The molecular weight excluding hydrogens is 270 g/mol. The summed E-state index contributed by atoms with van der Waals surface area (Å²) in [5, 5.41) is 0. The van der Waals surface area contributed by atoms with Crippen LogP contribution in [0.25, 0.3) is 0 Å². The van der Waals surface area contributed by atoms with Gasteiger partial charge in [-0.1, -0.05) is 0 Å². The molecule has 2 N–H and O–H groups in total. The second kappa shape index (κ2) is 7.70. The van der Waals surface area contributed by atoms with Crippen molar-refractivity contribution in [3.05, 3.63) is 48.5 Å². The van der Waals surface area contributed by atoms with Crippen LogP contribution in [0.2, 0.25) is 0 Å². The highest BCUT2D eigenvalue weighted by molar-refractivity contribution is 7.99. The van der Waals surface area contributed by atoms with Gasteiger partial charge in [-0.15, -0.1) is 11.8 Å². The molecule has 0 radical (unpaired) electrons. The van der Waals surface area contributed by atoms with Crippen molar-refractivity contribution in [2.75, 3.05) is 25.2 Å². The molecule has 0 aliphatic rings. The van der Waals surface area contributed by atoms with Crippen molar-refractivity contribution in [2.45, 2.75) is 11.3 Å². The van der Waals surface area contributed by atoms with E-state index in [1.54, 1.807) is 7.11 Å². The first kappa shape index (κ1) is 14.6. The van der Waals surface area contributed by atoms with Crippen molar-refractivity contribution in [1.29, 1.82) is 0 Å². The van der Waals surface area contributed by atoms with Gasteiger partial charge in [-0.25, -0.2) is 0 Å². The van der Waals surface area contributed by atoms with Crippen molar-refractivity contribution in [2.24, 2.45) is 0 Å². The second-order valence-electron chi connectivity index (χ2n) is 4.30. The van der Waals surface area contributed by atoms with E-state index in [0.29, 0.717) is 6.61 Å². The highest BCUT2D eigenvalue weighted by Crippen LogP contribution is 2.22. The van der Waals surface area contributed by atoms with Gasteiger partial charge in [0, 0.05) is 16.3 Å². The third-order valence-electron chi connectivity index (χ3n) is 2.77. The van der Waals surface area contributed by atoms with Crippen LogP contribution in [0.4, 0.5) is 5.69 Å². The van der Waals surface area contributed by atoms with Crippen molar-refractivity contribution < 1.29 is 9.47 Å². The van der Waals surface area contributed by atoms with Crippen LogP contribution in [0.3, 0.4) is 0 Å². The number of nitrogen functional groups attached to an aromatic ring is 1. The predicted molar refractivity (Wildman–Crippen MR) is 84.7 cm³/mol. The van der Waals surface area contributed by atoms with E-state index in [9.17, 15) is 0 Å². The molecule has 2 aromatic carbocycles. The van der Waals surface area contributed by atoms with E-state index in [4.69, 9.17) is 15.2 Å². The van der Waals surface area contributed by atoms with E-state index in [-0.39, 0.29) is 0 Å². The molecule has 0 aliphatic carbocycles. The van der Waals surface area contributed by atoms with Gasteiger partial charge in [0.15, 0.2) is 0 Å². The zero-order chi connectivity index (χ0) is 14.2. The van der Waals surface area contributed by atoms with E-state index in [1.165, 1.54) is 4.90 Å². The maximum Gasteiger partial charge on any atom is 0.119 e. The highest BCUT2D eigenvalue weighted by Gasteiger charge is 1.97. The monoisotopic (exact) mass is 289 g/mol. The molecule has 0 bridgehead atoms. The number of nitrogens with two attached hydrogens (primary N) is 1. The Bertz CT molecular complexity index is 511. The predicted octanol–water partition coefficient (Wildman–Crippen LogP) is 3.84. The Morgan fingerprint density at radius 2 is 1.60 bits per heavy atom. The minimum Gasteiger partial charge on any atom is -0.497 e. The molecule has 2 aromatic rings. The summed E-state index contributed by atoms with van der Waals surface area (Å²) < 4.78 is 10.8. The minimum atomic E-state index is 0.715. The lowest BCUT2D eigenvalue weighted by Crippen LogP contribution is -1.98. The molecule has 4 heteroatoms. The quantitative estimate of drug-likeness (QED) is 0.478. The fourth-order valence-corrected chi connectivity index (χ4v) is 2.50. The van der Waals surface area contributed by atoms with Crippen LogP contribution < -0.4 is 15.2 Å². The van der Waals surface area contributed by atoms with Gasteiger partial charge < -0.3 is 15.2 Å². The normalized spacial score (nSPS) is 10.2. The fourth-order valence-electron chi connectivity index (χ4n) is 1.67. The van der Waals surface area contributed by atoms with Gasteiger partial charge in [-0.05, 0) is 55.0 Å². The van der Waals surface area contributed by atoms with E-state index < -0.39 is 0 Å². The first-order valence-electron chi connectivity index (χ1n) is 6.53. The molecule has 0 spiro atoms. The van der Waals surface area contributed by atoms with Crippen molar-refractivity contribution in [1.82, 2.24) is 0 Å². The number of rotatable bonds is 7. The van der Waals surface area contributed by atoms with Crippen molar-refractivity contribution in [3.63, 3.8) is 0 Å². The van der Waals surface area contributed by atoms with Gasteiger partial charge >= 0.3 is 0 Å². The van der Waals surface area contributed by atoms with E-state index in [1.807, 2.05) is 48.2 Å². The molecule has 0 heterocycles. The topological polar surface area (TPSA) is 44.5 Å². The molecule has 3 nitrogen and oxygen atoms in total. The van der Waals surface area contributed by atoms with Crippen LogP contribution in [0.15, 0.2) is 53.4 Å². The van der Waals surface area contributed by atoms with Gasteiger partial charge in [-0.2, -0.15) is 0 Å². The Labute approximate surface area is 124 Å². The summed E-state index contributed by atoms with van der Waals surface area (Å²) in [6.45, 7) is 0.715. The number of benzene rings is 2. The Balaban J connectivity index is 1.64. The summed E-state index contributed by atoms with van der Waals surface area (Å²) in [4.78, 5) is 1.25. The molecule has 106 valence electrons. The smallest absolute Gasteiger partial charge is 0.119 e. The van der Waals surface area contributed by atoms with Gasteiger partial charge in [0.2, 0.25) is 0 Å². The summed E-state index contributed by atoms with van der Waals surface area (Å²) in [7, 11) is 1.68. The molecular formula is C16H19NO2S. The zero-order valence-corrected chi connectivity index (χ0v) is 12.4. The maximum absolute atomic E-state index is 5.65. The number of hydrogen-bond donors (Lipinski definition) is 1. The standard InChI is InChI=1S/C16H19NO2S/c1-18-14-7-9-16(10-8-14)20-12-2-11-19-15-5-3-13(17)4-6-15/h3-10H,2,11-12,17H2,1H3. The molecule has 0 atom stereocenters. The van der Waals surface area contributed by atoms with Crippen LogP contribution >= 0.6 is 11.8 Å². The molecule has 0 saturated heterocycles. The van der Waals surface area contributed by atoms with Crippen molar-refractivity contribution in [3.8, 4) is 11.5 Å². The maximum atomic E-state index is 5.65. The molecule has 2 rings (SSSR count). The number of ether oxygens (including phenoxy) is 2. The van der Waals surface area contributed by atoms with Gasteiger partial charge in [0.05, 0.1) is 13.7 Å². The summed E-state index contributed by atoms with van der Waals surface area (Å²) in [5.74, 6) is 2.79. The van der Waals surface area contributed by atoms with Crippen LogP contribution in [-0.4, -0.2) is 19.5 Å². The Morgan fingerprint density at radius 1 is 0.950 bits per heavy atom. The Morgan fingerprint density at radius 3 is 2.25 bits per heavy atom. The number of anilines is 1.